The van der Waals surface area contributed by atoms with Crippen molar-refractivity contribution in [3.05, 3.63) is 229 Å². The van der Waals surface area contributed by atoms with Crippen molar-refractivity contribution in [3.63, 3.8) is 0 Å². The summed E-state index contributed by atoms with van der Waals surface area (Å²) in [6.07, 6.45) is 0. The van der Waals surface area contributed by atoms with Crippen LogP contribution in [-0.2, 0) is 5.41 Å². The number of aromatic nitrogens is 4. The number of para-hydroxylation sites is 2. The van der Waals surface area contributed by atoms with Crippen LogP contribution in [0.4, 0.5) is 0 Å². The van der Waals surface area contributed by atoms with Gasteiger partial charge in [-0.1, -0.05) is 158 Å². The van der Waals surface area contributed by atoms with Gasteiger partial charge in [0.15, 0.2) is 11.6 Å². The summed E-state index contributed by atoms with van der Waals surface area (Å²) in [6.45, 7) is 0. The van der Waals surface area contributed by atoms with Gasteiger partial charge in [-0.3, -0.25) is 4.57 Å². The molecule has 1 aliphatic rings. The first-order valence-corrected chi connectivity index (χ1v) is 18.8. The van der Waals surface area contributed by atoms with E-state index in [2.05, 4.69) is 209 Å². The predicted octanol–water partition coefficient (Wildman–Crippen LogP) is 12.1. The number of fused-ring (bicyclic) bond motifs is 6. The van der Waals surface area contributed by atoms with Crippen LogP contribution >= 0.6 is 0 Å². The van der Waals surface area contributed by atoms with Crippen LogP contribution in [0.3, 0.4) is 0 Å². The Morgan fingerprint density at radius 2 is 0.818 bits per heavy atom. The number of rotatable bonds is 6. The van der Waals surface area contributed by atoms with E-state index in [9.17, 15) is 0 Å². The second-order valence-electron chi connectivity index (χ2n) is 14.2. The number of benzene rings is 8. The number of hydrogen-bond donors (Lipinski definition) is 0. The van der Waals surface area contributed by atoms with Gasteiger partial charge in [-0.15, -0.1) is 10.2 Å². The summed E-state index contributed by atoms with van der Waals surface area (Å²) >= 11 is 0. The van der Waals surface area contributed by atoms with Crippen LogP contribution in [0.5, 0.6) is 0 Å². The second-order valence-corrected chi connectivity index (χ2v) is 14.2. The van der Waals surface area contributed by atoms with Crippen LogP contribution in [0.2, 0.25) is 0 Å². The first-order valence-electron chi connectivity index (χ1n) is 18.8. The first-order chi connectivity index (χ1) is 27.3. The van der Waals surface area contributed by atoms with E-state index in [1.165, 1.54) is 55.2 Å². The lowest BCUT2D eigenvalue weighted by Gasteiger charge is -2.34. The molecule has 0 saturated carbocycles. The van der Waals surface area contributed by atoms with Gasteiger partial charge >= 0.3 is 0 Å². The van der Waals surface area contributed by atoms with E-state index in [-0.39, 0.29) is 0 Å². The molecule has 0 spiro atoms. The molecule has 0 aliphatic heterocycles. The van der Waals surface area contributed by atoms with Crippen molar-refractivity contribution in [1.82, 2.24) is 19.3 Å². The summed E-state index contributed by atoms with van der Waals surface area (Å²) in [6, 6.07) is 74.0. The van der Waals surface area contributed by atoms with Crippen molar-refractivity contribution in [3.8, 4) is 45.3 Å². The number of nitrogens with zero attached hydrogens (tertiary/aromatic N) is 4. The maximum Gasteiger partial charge on any atom is 0.168 e. The average molecular weight is 703 g/mol. The summed E-state index contributed by atoms with van der Waals surface area (Å²) in [5, 5.41) is 12.3. The van der Waals surface area contributed by atoms with Gasteiger partial charge in [-0.25, -0.2) is 0 Å². The maximum absolute atomic E-state index is 4.92. The van der Waals surface area contributed by atoms with Crippen molar-refractivity contribution >= 4 is 21.8 Å². The lowest BCUT2D eigenvalue weighted by molar-refractivity contribution is 0.767. The highest BCUT2D eigenvalue weighted by molar-refractivity contribution is 6.09. The third-order valence-electron chi connectivity index (χ3n) is 11.4. The molecular formula is C51H34N4. The van der Waals surface area contributed by atoms with Crippen molar-refractivity contribution in [2.75, 3.05) is 0 Å². The average Bonchev–Trinajstić information content (AvgIpc) is 3.94. The van der Waals surface area contributed by atoms with Gasteiger partial charge in [0.2, 0.25) is 0 Å². The predicted molar refractivity (Wildman–Crippen MR) is 224 cm³/mol. The topological polar surface area (TPSA) is 35.6 Å². The lowest BCUT2D eigenvalue weighted by atomic mass is 9.67. The normalized spacial score (nSPS) is 12.9. The van der Waals surface area contributed by atoms with E-state index in [1.807, 2.05) is 6.07 Å². The second kappa shape index (κ2) is 12.4. The quantitative estimate of drug-likeness (QED) is 0.173. The molecule has 258 valence electrons. The largest absolute Gasteiger partial charge is 0.309 e. The molecule has 55 heavy (non-hydrogen) atoms. The zero-order chi connectivity index (χ0) is 36.3. The van der Waals surface area contributed by atoms with Crippen LogP contribution in [0.1, 0.15) is 22.3 Å². The fourth-order valence-corrected chi connectivity index (χ4v) is 9.02. The molecular weight excluding hydrogens is 669 g/mol. The lowest BCUT2D eigenvalue weighted by Crippen LogP contribution is -2.28. The summed E-state index contributed by atoms with van der Waals surface area (Å²) < 4.78 is 4.58. The van der Waals surface area contributed by atoms with Crippen molar-refractivity contribution in [1.29, 1.82) is 0 Å². The van der Waals surface area contributed by atoms with Crippen LogP contribution in [0.25, 0.3) is 67.1 Å². The molecule has 0 N–H and O–H groups in total. The highest BCUT2D eigenvalue weighted by atomic mass is 15.3. The van der Waals surface area contributed by atoms with E-state index in [0.717, 1.165) is 34.2 Å². The molecule has 0 unspecified atom stereocenters. The molecule has 0 radical (unpaired) electrons. The summed E-state index contributed by atoms with van der Waals surface area (Å²) in [5.41, 5.74) is 13.4. The van der Waals surface area contributed by atoms with Gasteiger partial charge in [-0.2, -0.15) is 0 Å². The molecule has 4 heteroatoms. The SMILES string of the molecule is c1ccc(-c2nnc(-c3ccc(-n4c5ccccc5c5ccccc54)cc3)n2-c2ccc3c(c2)C(c2ccccc2)(c2ccccc2)c2ccccc2-3)cc1. The fourth-order valence-electron chi connectivity index (χ4n) is 9.02. The van der Waals surface area contributed by atoms with E-state index >= 15 is 0 Å². The molecule has 0 bridgehead atoms. The van der Waals surface area contributed by atoms with Gasteiger partial charge in [-0.05, 0) is 81.9 Å². The van der Waals surface area contributed by atoms with Gasteiger partial charge < -0.3 is 4.57 Å². The summed E-state index contributed by atoms with van der Waals surface area (Å²) in [7, 11) is 0. The van der Waals surface area contributed by atoms with E-state index in [1.54, 1.807) is 0 Å². The highest BCUT2D eigenvalue weighted by Gasteiger charge is 2.46. The zero-order valence-electron chi connectivity index (χ0n) is 29.9. The van der Waals surface area contributed by atoms with E-state index < -0.39 is 5.41 Å². The Kier molecular flexibility index (Phi) is 7.04. The highest BCUT2D eigenvalue weighted by Crippen LogP contribution is 2.56. The summed E-state index contributed by atoms with van der Waals surface area (Å²) in [5.74, 6) is 1.58. The minimum absolute atomic E-state index is 0.518. The Hall–Kier alpha value is -7.30. The molecule has 4 nitrogen and oxygen atoms in total. The van der Waals surface area contributed by atoms with Crippen molar-refractivity contribution in [2.24, 2.45) is 0 Å². The van der Waals surface area contributed by atoms with Gasteiger partial charge in [0.25, 0.3) is 0 Å². The summed E-state index contributed by atoms with van der Waals surface area (Å²) in [4.78, 5) is 0. The standard InChI is InChI=1S/C51H34N4/c1-4-16-35(17-5-1)49-52-53-50(36-28-30-39(31-29-36)54-47-26-14-11-23-43(47)44-24-12-15-27-48(44)54)55(49)40-32-33-42-41-22-10-13-25-45(41)51(46(42)34-40,37-18-6-2-7-19-37)38-20-8-3-9-21-38/h1-34H. The Morgan fingerprint density at radius 1 is 0.345 bits per heavy atom. The van der Waals surface area contributed by atoms with Gasteiger partial charge in [0.1, 0.15) is 0 Å². The molecule has 2 aromatic heterocycles. The van der Waals surface area contributed by atoms with Crippen molar-refractivity contribution < 1.29 is 0 Å². The third-order valence-corrected chi connectivity index (χ3v) is 11.4. The molecule has 0 amide bonds. The Bertz CT molecular complexity index is 2920. The molecule has 10 aromatic rings. The molecule has 1 aliphatic carbocycles. The molecule has 0 atom stereocenters. The van der Waals surface area contributed by atoms with Crippen molar-refractivity contribution in [2.45, 2.75) is 5.41 Å². The zero-order valence-corrected chi connectivity index (χ0v) is 29.9. The van der Waals surface area contributed by atoms with Crippen LogP contribution < -0.4 is 0 Å². The smallest absolute Gasteiger partial charge is 0.168 e. The van der Waals surface area contributed by atoms with Gasteiger partial charge in [0.05, 0.1) is 16.4 Å². The molecule has 8 aromatic carbocycles. The van der Waals surface area contributed by atoms with Crippen LogP contribution in [0.15, 0.2) is 206 Å². The molecule has 11 rings (SSSR count). The molecule has 2 heterocycles. The van der Waals surface area contributed by atoms with Crippen LogP contribution in [0, 0.1) is 0 Å². The van der Waals surface area contributed by atoms with Crippen LogP contribution in [-0.4, -0.2) is 19.3 Å². The third kappa shape index (κ3) is 4.65. The minimum Gasteiger partial charge on any atom is -0.309 e. The fraction of sp³-hybridized carbons (Fsp3) is 0.0196. The Morgan fingerprint density at radius 3 is 1.44 bits per heavy atom. The molecule has 0 fully saturated rings. The van der Waals surface area contributed by atoms with E-state index in [0.29, 0.717) is 0 Å². The van der Waals surface area contributed by atoms with Gasteiger partial charge in [0, 0.05) is 33.3 Å². The Labute approximate surface area is 319 Å². The Balaban J connectivity index is 1.13. The molecule has 0 saturated heterocycles. The van der Waals surface area contributed by atoms with E-state index in [4.69, 9.17) is 10.2 Å². The minimum atomic E-state index is -0.518. The maximum atomic E-state index is 4.92. The monoisotopic (exact) mass is 702 g/mol. The first kappa shape index (κ1) is 31.2. The number of hydrogen-bond acceptors (Lipinski definition) is 2.